The van der Waals surface area contributed by atoms with E-state index in [2.05, 4.69) is 33.6 Å². The van der Waals surface area contributed by atoms with Crippen LogP contribution in [-0.2, 0) is 13.0 Å². The zero-order chi connectivity index (χ0) is 19.8. The maximum absolute atomic E-state index is 6.11. The van der Waals surface area contributed by atoms with Crippen LogP contribution >= 0.6 is 35.3 Å². The lowest BCUT2D eigenvalue weighted by molar-refractivity contribution is 0.200. The second-order valence-electron chi connectivity index (χ2n) is 6.98. The summed E-state index contributed by atoms with van der Waals surface area (Å²) in [4.78, 5) is 9.92. The van der Waals surface area contributed by atoms with E-state index in [0.29, 0.717) is 12.6 Å². The third kappa shape index (κ3) is 7.33. The van der Waals surface area contributed by atoms with Crippen molar-refractivity contribution in [1.29, 1.82) is 0 Å². The Balaban J connectivity index is 0.00000300. The fourth-order valence-corrected chi connectivity index (χ4v) is 4.10. The number of ether oxygens (including phenoxy) is 2. The summed E-state index contributed by atoms with van der Waals surface area (Å²) < 4.78 is 11.7. The highest BCUT2D eigenvalue weighted by Gasteiger charge is 2.18. The molecule has 160 valence electrons. The quantitative estimate of drug-likeness (QED) is 0.303. The van der Waals surface area contributed by atoms with Gasteiger partial charge in [-0.15, -0.1) is 35.3 Å². The van der Waals surface area contributed by atoms with E-state index in [4.69, 9.17) is 9.47 Å². The number of halogens is 1. The largest absolute Gasteiger partial charge is 0.493 e. The summed E-state index contributed by atoms with van der Waals surface area (Å²) in [5.74, 6) is 2.39. The van der Waals surface area contributed by atoms with Gasteiger partial charge in [0.2, 0.25) is 0 Å². The molecule has 0 amide bonds. The second kappa shape index (κ2) is 12.2. The Morgan fingerprint density at radius 2 is 2.03 bits per heavy atom. The van der Waals surface area contributed by atoms with E-state index in [1.54, 1.807) is 25.5 Å². The highest BCUT2D eigenvalue weighted by molar-refractivity contribution is 14.0. The molecule has 1 aromatic heterocycles. The predicted molar refractivity (Wildman–Crippen MR) is 130 cm³/mol. The molecule has 1 aromatic carbocycles. The van der Waals surface area contributed by atoms with Gasteiger partial charge >= 0.3 is 0 Å². The Bertz CT molecular complexity index is 791. The number of aliphatic imine (C=N–C) groups is 1. The standard InChI is InChI=1S/C21H30N4O2S.HI/c1-15-13-24-20(28-15)10-11-23-21(22-2)25-14-16-8-9-18(19(12-16)26-3)27-17-6-4-5-7-17;/h8-9,12-13,17H,4-7,10-11,14H2,1-3H3,(H2,22,23,25);1H. The van der Waals surface area contributed by atoms with Gasteiger partial charge in [-0.3, -0.25) is 4.99 Å². The fourth-order valence-electron chi connectivity index (χ4n) is 3.32. The Hall–Kier alpha value is -1.55. The molecule has 2 aromatic rings. The SMILES string of the molecule is CN=C(NCCc1ncc(C)s1)NCc1ccc(OC2CCCC2)c(OC)c1.I. The summed E-state index contributed by atoms with van der Waals surface area (Å²) >= 11 is 1.74. The van der Waals surface area contributed by atoms with Crippen LogP contribution in [0.5, 0.6) is 11.5 Å². The van der Waals surface area contributed by atoms with Crippen molar-refractivity contribution in [2.75, 3.05) is 20.7 Å². The van der Waals surface area contributed by atoms with E-state index in [1.165, 1.54) is 17.7 Å². The number of hydrogen-bond donors (Lipinski definition) is 2. The van der Waals surface area contributed by atoms with Crippen LogP contribution in [0, 0.1) is 6.92 Å². The molecule has 3 rings (SSSR count). The van der Waals surface area contributed by atoms with E-state index in [1.807, 2.05) is 18.3 Å². The van der Waals surface area contributed by atoms with Gasteiger partial charge in [-0.2, -0.15) is 0 Å². The summed E-state index contributed by atoms with van der Waals surface area (Å²) in [5.41, 5.74) is 1.12. The lowest BCUT2D eigenvalue weighted by Gasteiger charge is -2.17. The van der Waals surface area contributed by atoms with Gasteiger partial charge in [0.25, 0.3) is 0 Å². The Labute approximate surface area is 194 Å². The summed E-state index contributed by atoms with van der Waals surface area (Å²) in [6.07, 6.45) is 7.90. The smallest absolute Gasteiger partial charge is 0.191 e. The van der Waals surface area contributed by atoms with Crippen LogP contribution in [0.25, 0.3) is 0 Å². The third-order valence-electron chi connectivity index (χ3n) is 4.81. The molecule has 29 heavy (non-hydrogen) atoms. The molecule has 0 bridgehead atoms. The molecular formula is C21H31IN4O2S. The van der Waals surface area contributed by atoms with Crippen molar-refractivity contribution in [3.63, 3.8) is 0 Å². The van der Waals surface area contributed by atoms with Gasteiger partial charge in [-0.25, -0.2) is 4.98 Å². The first-order chi connectivity index (χ1) is 13.7. The molecule has 0 radical (unpaired) electrons. The van der Waals surface area contributed by atoms with Crippen molar-refractivity contribution < 1.29 is 9.47 Å². The number of nitrogens with one attached hydrogen (secondary N) is 2. The minimum Gasteiger partial charge on any atom is -0.493 e. The van der Waals surface area contributed by atoms with Gasteiger partial charge in [0.1, 0.15) is 0 Å². The maximum atomic E-state index is 6.11. The van der Waals surface area contributed by atoms with E-state index in [-0.39, 0.29) is 24.0 Å². The molecule has 1 aliphatic carbocycles. The number of rotatable bonds is 8. The molecule has 0 spiro atoms. The van der Waals surface area contributed by atoms with Crippen LogP contribution < -0.4 is 20.1 Å². The Morgan fingerprint density at radius 1 is 1.24 bits per heavy atom. The highest BCUT2D eigenvalue weighted by atomic mass is 127. The molecule has 1 fully saturated rings. The average molecular weight is 530 g/mol. The van der Waals surface area contributed by atoms with E-state index in [9.17, 15) is 0 Å². The van der Waals surface area contributed by atoms with Crippen LogP contribution in [0.1, 0.15) is 41.1 Å². The van der Waals surface area contributed by atoms with Crippen molar-refractivity contribution in [2.24, 2.45) is 4.99 Å². The Morgan fingerprint density at radius 3 is 2.69 bits per heavy atom. The van der Waals surface area contributed by atoms with Crippen molar-refractivity contribution in [1.82, 2.24) is 15.6 Å². The summed E-state index contributed by atoms with van der Waals surface area (Å²) in [5, 5.41) is 7.82. The van der Waals surface area contributed by atoms with Crippen LogP contribution in [-0.4, -0.2) is 37.7 Å². The normalized spacial score (nSPS) is 14.4. The average Bonchev–Trinajstić information content (AvgIpc) is 3.37. The van der Waals surface area contributed by atoms with Gasteiger partial charge in [0.05, 0.1) is 18.2 Å². The molecule has 2 N–H and O–H groups in total. The fraction of sp³-hybridized carbons (Fsp3) is 0.524. The van der Waals surface area contributed by atoms with Crippen LogP contribution in [0.15, 0.2) is 29.4 Å². The van der Waals surface area contributed by atoms with E-state index in [0.717, 1.165) is 53.8 Å². The number of aryl methyl sites for hydroxylation is 1. The van der Waals surface area contributed by atoms with Gasteiger partial charge in [0, 0.05) is 37.6 Å². The molecule has 8 heteroatoms. The number of thiazole rings is 1. The van der Waals surface area contributed by atoms with Gasteiger partial charge in [0.15, 0.2) is 17.5 Å². The highest BCUT2D eigenvalue weighted by Crippen LogP contribution is 2.32. The molecule has 6 nitrogen and oxygen atoms in total. The monoisotopic (exact) mass is 530 g/mol. The summed E-state index contributed by atoms with van der Waals surface area (Å²) in [6.45, 7) is 3.54. The molecule has 1 heterocycles. The molecule has 0 aliphatic heterocycles. The molecule has 1 saturated carbocycles. The number of methoxy groups -OCH3 is 1. The Kier molecular flexibility index (Phi) is 9.99. The lowest BCUT2D eigenvalue weighted by atomic mass is 10.2. The summed E-state index contributed by atoms with van der Waals surface area (Å²) in [7, 11) is 3.47. The first-order valence-corrected chi connectivity index (χ1v) is 10.7. The zero-order valence-electron chi connectivity index (χ0n) is 17.4. The van der Waals surface area contributed by atoms with Crippen molar-refractivity contribution in [2.45, 2.75) is 51.7 Å². The molecule has 0 unspecified atom stereocenters. The topological polar surface area (TPSA) is 67.8 Å². The van der Waals surface area contributed by atoms with Crippen LogP contribution in [0.3, 0.4) is 0 Å². The predicted octanol–water partition coefficient (Wildman–Crippen LogP) is 4.31. The number of guanidine groups is 1. The number of hydrogen-bond acceptors (Lipinski definition) is 5. The maximum Gasteiger partial charge on any atom is 0.191 e. The zero-order valence-corrected chi connectivity index (χ0v) is 20.5. The third-order valence-corrected chi connectivity index (χ3v) is 5.78. The second-order valence-corrected chi connectivity index (χ2v) is 8.30. The van der Waals surface area contributed by atoms with Gasteiger partial charge < -0.3 is 20.1 Å². The number of nitrogens with zero attached hydrogens (tertiary/aromatic N) is 2. The molecule has 1 aliphatic rings. The summed E-state index contributed by atoms with van der Waals surface area (Å²) in [6, 6.07) is 6.11. The van der Waals surface area contributed by atoms with E-state index >= 15 is 0 Å². The molecule has 0 saturated heterocycles. The van der Waals surface area contributed by atoms with Gasteiger partial charge in [-0.05, 0) is 50.3 Å². The number of aromatic nitrogens is 1. The van der Waals surface area contributed by atoms with Crippen molar-refractivity contribution in [3.8, 4) is 11.5 Å². The van der Waals surface area contributed by atoms with Crippen molar-refractivity contribution in [3.05, 3.63) is 39.8 Å². The molecule has 0 atom stereocenters. The van der Waals surface area contributed by atoms with Crippen molar-refractivity contribution >= 4 is 41.3 Å². The minimum absolute atomic E-state index is 0. The number of benzene rings is 1. The minimum atomic E-state index is 0. The lowest BCUT2D eigenvalue weighted by Crippen LogP contribution is -2.37. The van der Waals surface area contributed by atoms with Gasteiger partial charge in [-0.1, -0.05) is 6.07 Å². The van der Waals surface area contributed by atoms with E-state index < -0.39 is 0 Å². The first kappa shape index (κ1) is 23.7. The first-order valence-electron chi connectivity index (χ1n) is 9.87. The molecular weight excluding hydrogens is 499 g/mol. The van der Waals surface area contributed by atoms with Crippen LogP contribution in [0.4, 0.5) is 0 Å². The van der Waals surface area contributed by atoms with Crippen LogP contribution in [0.2, 0.25) is 0 Å².